The molecular formula is C20H19N3O5. The van der Waals surface area contributed by atoms with Crippen molar-refractivity contribution in [3.8, 4) is 5.75 Å². The van der Waals surface area contributed by atoms with E-state index in [1.54, 1.807) is 24.0 Å². The second kappa shape index (κ2) is 8.26. The van der Waals surface area contributed by atoms with Gasteiger partial charge in [-0.3, -0.25) is 9.58 Å². The van der Waals surface area contributed by atoms with E-state index in [0.29, 0.717) is 5.69 Å². The number of ether oxygens (including phenoxy) is 1. The van der Waals surface area contributed by atoms with Crippen LogP contribution in [0, 0.1) is 0 Å². The van der Waals surface area contributed by atoms with Gasteiger partial charge in [-0.05, 0) is 23.8 Å². The van der Waals surface area contributed by atoms with Gasteiger partial charge in [-0.2, -0.15) is 5.10 Å². The number of carboxylic acids is 1. The zero-order chi connectivity index (χ0) is 20.1. The lowest BCUT2D eigenvalue weighted by atomic mass is 10.1. The third-order valence-electron chi connectivity index (χ3n) is 4.19. The van der Waals surface area contributed by atoms with Gasteiger partial charge in [0.05, 0.1) is 17.9 Å². The molecule has 1 aromatic heterocycles. The Labute approximate surface area is 161 Å². The molecule has 0 saturated heterocycles. The Kier molecular flexibility index (Phi) is 5.59. The molecule has 3 rings (SSSR count). The van der Waals surface area contributed by atoms with Crippen molar-refractivity contribution in [1.82, 2.24) is 9.78 Å². The average molecular weight is 381 g/mol. The van der Waals surface area contributed by atoms with E-state index >= 15 is 0 Å². The first-order valence-electron chi connectivity index (χ1n) is 8.47. The summed E-state index contributed by atoms with van der Waals surface area (Å²) in [5.41, 5.74) is 1.63. The van der Waals surface area contributed by atoms with Crippen molar-refractivity contribution in [1.29, 1.82) is 0 Å². The highest BCUT2D eigenvalue weighted by Gasteiger charge is 2.21. The fourth-order valence-electron chi connectivity index (χ4n) is 2.65. The second-order valence-corrected chi connectivity index (χ2v) is 6.08. The first-order valence-corrected chi connectivity index (χ1v) is 8.47. The largest absolute Gasteiger partial charge is 0.507 e. The minimum atomic E-state index is -1.26. The highest BCUT2D eigenvalue weighted by atomic mass is 16.6. The van der Waals surface area contributed by atoms with E-state index in [9.17, 15) is 14.7 Å². The molecule has 0 fully saturated rings. The Bertz CT molecular complexity index is 985. The second-order valence-electron chi connectivity index (χ2n) is 6.08. The number of amides is 1. The normalized spacial score (nSPS) is 10.5. The molecule has 0 aliphatic heterocycles. The number of nitrogens with zero attached hydrogens (tertiary/aromatic N) is 3. The highest BCUT2D eigenvalue weighted by molar-refractivity contribution is 5.93. The van der Waals surface area contributed by atoms with Gasteiger partial charge in [-0.1, -0.05) is 30.3 Å². The number of aromatic nitrogens is 2. The Morgan fingerprint density at radius 3 is 2.50 bits per heavy atom. The van der Waals surface area contributed by atoms with Crippen LogP contribution in [0.25, 0.3) is 0 Å². The number of carboxylic acid groups (broad SMARTS) is 1. The van der Waals surface area contributed by atoms with Crippen molar-refractivity contribution in [2.24, 2.45) is 7.05 Å². The van der Waals surface area contributed by atoms with Crippen LogP contribution in [0.4, 0.5) is 10.5 Å². The molecule has 1 heterocycles. The van der Waals surface area contributed by atoms with Gasteiger partial charge in [0.25, 0.3) is 0 Å². The van der Waals surface area contributed by atoms with Gasteiger partial charge in [0.15, 0.2) is 0 Å². The third kappa shape index (κ3) is 4.29. The van der Waals surface area contributed by atoms with Gasteiger partial charge in [0, 0.05) is 19.3 Å². The number of hydrogen-bond acceptors (Lipinski definition) is 5. The predicted molar refractivity (Wildman–Crippen MR) is 101 cm³/mol. The van der Waals surface area contributed by atoms with E-state index < -0.39 is 17.8 Å². The van der Waals surface area contributed by atoms with E-state index in [0.717, 1.165) is 11.3 Å². The molecule has 0 bridgehead atoms. The summed E-state index contributed by atoms with van der Waals surface area (Å²) in [5.74, 6) is -1.69. The summed E-state index contributed by atoms with van der Waals surface area (Å²) >= 11 is 0. The number of aromatic carboxylic acids is 1. The van der Waals surface area contributed by atoms with Gasteiger partial charge in [0.2, 0.25) is 0 Å². The fourth-order valence-corrected chi connectivity index (χ4v) is 2.65. The van der Waals surface area contributed by atoms with Gasteiger partial charge >= 0.3 is 12.1 Å². The lowest BCUT2D eigenvalue weighted by Gasteiger charge is -2.23. The first-order chi connectivity index (χ1) is 13.5. The summed E-state index contributed by atoms with van der Waals surface area (Å²) in [4.78, 5) is 25.2. The van der Waals surface area contributed by atoms with E-state index in [1.807, 2.05) is 30.3 Å². The smallest absolute Gasteiger partial charge is 0.414 e. The summed E-state index contributed by atoms with van der Waals surface area (Å²) in [5, 5.41) is 23.2. The van der Waals surface area contributed by atoms with E-state index in [2.05, 4.69) is 5.10 Å². The van der Waals surface area contributed by atoms with Gasteiger partial charge in [-0.15, -0.1) is 0 Å². The highest BCUT2D eigenvalue weighted by Crippen LogP contribution is 2.27. The van der Waals surface area contributed by atoms with Crippen LogP contribution < -0.4 is 4.90 Å². The minimum Gasteiger partial charge on any atom is -0.507 e. The molecule has 144 valence electrons. The molecule has 3 aromatic rings. The van der Waals surface area contributed by atoms with E-state index in [1.165, 1.54) is 23.1 Å². The summed E-state index contributed by atoms with van der Waals surface area (Å²) in [6.45, 7) is 0.219. The SMILES string of the molecule is Cn1nccc1CN(C(=O)OCc1ccccc1)c1ccc(C(=O)O)c(O)c1. The molecule has 8 nitrogen and oxygen atoms in total. The maximum absolute atomic E-state index is 12.8. The molecule has 2 aromatic carbocycles. The number of aryl methyl sites for hydroxylation is 1. The molecule has 28 heavy (non-hydrogen) atoms. The molecule has 0 radical (unpaired) electrons. The molecule has 0 unspecified atom stereocenters. The number of carbonyl (C=O) groups is 2. The molecule has 0 aliphatic carbocycles. The molecule has 8 heteroatoms. The summed E-state index contributed by atoms with van der Waals surface area (Å²) in [6, 6.07) is 14.9. The van der Waals surface area contributed by atoms with Crippen LogP contribution in [0.5, 0.6) is 5.75 Å². The van der Waals surface area contributed by atoms with Crippen LogP contribution in [0.15, 0.2) is 60.8 Å². The van der Waals surface area contributed by atoms with Crippen molar-refractivity contribution in [2.75, 3.05) is 4.90 Å². The average Bonchev–Trinajstić information content (AvgIpc) is 3.09. The molecule has 0 atom stereocenters. The Hall–Kier alpha value is -3.81. The molecule has 0 aliphatic rings. The molecule has 2 N–H and O–H groups in total. The van der Waals surface area contributed by atoms with Crippen molar-refractivity contribution < 1.29 is 24.5 Å². The number of carbonyl (C=O) groups excluding carboxylic acids is 1. The number of aromatic hydroxyl groups is 1. The van der Waals surface area contributed by atoms with Gasteiger partial charge in [-0.25, -0.2) is 9.59 Å². The Morgan fingerprint density at radius 2 is 1.89 bits per heavy atom. The predicted octanol–water partition coefficient (Wildman–Crippen LogP) is 3.17. The summed E-state index contributed by atoms with van der Waals surface area (Å²) < 4.78 is 7.02. The number of rotatable bonds is 6. The molecular weight excluding hydrogens is 362 g/mol. The first kappa shape index (κ1) is 19.0. The van der Waals surface area contributed by atoms with Crippen molar-refractivity contribution in [3.63, 3.8) is 0 Å². The minimum absolute atomic E-state index is 0.0841. The van der Waals surface area contributed by atoms with E-state index in [4.69, 9.17) is 9.84 Å². The fraction of sp³-hybridized carbons (Fsp3) is 0.150. The molecule has 0 spiro atoms. The zero-order valence-electron chi connectivity index (χ0n) is 15.1. The summed E-state index contributed by atoms with van der Waals surface area (Å²) in [6.07, 6.45) is 0.973. The van der Waals surface area contributed by atoms with Crippen molar-refractivity contribution in [2.45, 2.75) is 13.2 Å². The monoisotopic (exact) mass is 381 g/mol. The topological polar surface area (TPSA) is 105 Å². The Morgan fingerprint density at radius 1 is 1.14 bits per heavy atom. The van der Waals surface area contributed by atoms with Gasteiger partial charge in [0.1, 0.15) is 17.9 Å². The lowest BCUT2D eigenvalue weighted by Crippen LogP contribution is -2.31. The van der Waals surface area contributed by atoms with Crippen molar-refractivity contribution >= 4 is 17.7 Å². The maximum atomic E-state index is 12.8. The lowest BCUT2D eigenvalue weighted by molar-refractivity contribution is 0.0693. The number of benzene rings is 2. The van der Waals surface area contributed by atoms with Crippen LogP contribution in [0.2, 0.25) is 0 Å². The van der Waals surface area contributed by atoms with Crippen LogP contribution in [-0.2, 0) is 24.9 Å². The van der Waals surface area contributed by atoms with Crippen LogP contribution in [0.1, 0.15) is 21.6 Å². The van der Waals surface area contributed by atoms with Crippen LogP contribution >= 0.6 is 0 Å². The van der Waals surface area contributed by atoms with Gasteiger partial charge < -0.3 is 14.9 Å². The molecule has 1 amide bonds. The number of phenols is 1. The molecule has 0 saturated carbocycles. The number of hydrogen-bond donors (Lipinski definition) is 2. The third-order valence-corrected chi connectivity index (χ3v) is 4.19. The van der Waals surface area contributed by atoms with Crippen LogP contribution in [-0.4, -0.2) is 32.1 Å². The Balaban J connectivity index is 1.86. The number of anilines is 1. The zero-order valence-corrected chi connectivity index (χ0v) is 15.1. The standard InChI is InChI=1S/C20H19N3O5/c1-22-16(9-10-21-22)12-23(15-7-8-17(19(25)26)18(24)11-15)20(27)28-13-14-5-3-2-4-6-14/h2-11,24H,12-13H2,1H3,(H,25,26). The maximum Gasteiger partial charge on any atom is 0.414 e. The summed E-state index contributed by atoms with van der Waals surface area (Å²) in [7, 11) is 1.74. The quantitative estimate of drug-likeness (QED) is 0.680. The van der Waals surface area contributed by atoms with Crippen LogP contribution in [0.3, 0.4) is 0 Å². The van der Waals surface area contributed by atoms with Crippen molar-refractivity contribution in [3.05, 3.63) is 77.6 Å². The van der Waals surface area contributed by atoms with E-state index in [-0.39, 0.29) is 18.7 Å².